The minimum absolute atomic E-state index is 0.00908. The standard InChI is InChI=1S/C19H27NO3/c1-14(23-13-18-8-4-5-11-22-18)19(21)20-17-10-9-15-6-2-3-7-16(15)12-17/h2-3,6-7,14,17-18H,4-5,8-13H2,1H3,(H,20,21). The van der Waals surface area contributed by atoms with Crippen LogP contribution in [-0.2, 0) is 27.1 Å². The molecule has 0 aromatic heterocycles. The van der Waals surface area contributed by atoms with Crippen LogP contribution in [-0.4, -0.2) is 37.4 Å². The smallest absolute Gasteiger partial charge is 0.249 e. The second-order valence-corrected chi connectivity index (χ2v) is 6.68. The second kappa shape index (κ2) is 7.93. The fourth-order valence-corrected chi connectivity index (χ4v) is 3.41. The van der Waals surface area contributed by atoms with Crippen LogP contribution >= 0.6 is 0 Å². The molecule has 3 atom stereocenters. The number of aryl methyl sites for hydroxylation is 1. The van der Waals surface area contributed by atoms with Gasteiger partial charge < -0.3 is 14.8 Å². The van der Waals surface area contributed by atoms with Crippen molar-refractivity contribution in [2.75, 3.05) is 13.2 Å². The van der Waals surface area contributed by atoms with E-state index in [1.807, 2.05) is 6.92 Å². The van der Waals surface area contributed by atoms with E-state index in [1.165, 1.54) is 17.5 Å². The van der Waals surface area contributed by atoms with Crippen LogP contribution < -0.4 is 5.32 Å². The number of ether oxygens (including phenoxy) is 2. The molecule has 0 radical (unpaired) electrons. The van der Waals surface area contributed by atoms with Gasteiger partial charge in [0.25, 0.3) is 0 Å². The van der Waals surface area contributed by atoms with Crippen molar-refractivity contribution in [1.29, 1.82) is 0 Å². The van der Waals surface area contributed by atoms with Crippen LogP contribution in [0.4, 0.5) is 0 Å². The molecule has 1 heterocycles. The highest BCUT2D eigenvalue weighted by Gasteiger charge is 2.23. The number of carbonyl (C=O) groups is 1. The number of nitrogens with one attached hydrogen (secondary N) is 1. The molecule has 1 aromatic rings. The lowest BCUT2D eigenvalue weighted by Crippen LogP contribution is -2.44. The van der Waals surface area contributed by atoms with E-state index in [0.29, 0.717) is 6.61 Å². The largest absolute Gasteiger partial charge is 0.376 e. The highest BCUT2D eigenvalue weighted by molar-refractivity contribution is 5.80. The number of rotatable bonds is 5. The molecule has 1 fully saturated rings. The van der Waals surface area contributed by atoms with Crippen LogP contribution in [0.15, 0.2) is 24.3 Å². The number of benzene rings is 1. The predicted octanol–water partition coefficient (Wildman–Crippen LogP) is 2.63. The Hall–Kier alpha value is -1.39. The van der Waals surface area contributed by atoms with E-state index in [-0.39, 0.29) is 18.1 Å². The topological polar surface area (TPSA) is 47.6 Å². The lowest BCUT2D eigenvalue weighted by atomic mass is 9.88. The Bertz CT molecular complexity index is 525. The monoisotopic (exact) mass is 317 g/mol. The van der Waals surface area contributed by atoms with Gasteiger partial charge in [0.15, 0.2) is 0 Å². The first-order valence-electron chi connectivity index (χ1n) is 8.83. The highest BCUT2D eigenvalue weighted by atomic mass is 16.5. The van der Waals surface area contributed by atoms with Crippen molar-refractivity contribution in [1.82, 2.24) is 5.32 Å². The van der Waals surface area contributed by atoms with Crippen LogP contribution in [0.25, 0.3) is 0 Å². The summed E-state index contributed by atoms with van der Waals surface area (Å²) in [5.74, 6) is -0.00908. The number of fused-ring (bicyclic) bond motifs is 1. The van der Waals surface area contributed by atoms with E-state index < -0.39 is 6.10 Å². The van der Waals surface area contributed by atoms with E-state index in [1.54, 1.807) is 0 Å². The third kappa shape index (κ3) is 4.55. The molecule has 126 valence electrons. The summed E-state index contributed by atoms with van der Waals surface area (Å²) in [7, 11) is 0. The summed E-state index contributed by atoms with van der Waals surface area (Å²) >= 11 is 0. The minimum atomic E-state index is -0.419. The second-order valence-electron chi connectivity index (χ2n) is 6.68. The first-order chi connectivity index (χ1) is 11.2. The molecule has 3 rings (SSSR count). The van der Waals surface area contributed by atoms with Gasteiger partial charge in [0.2, 0.25) is 5.91 Å². The maximum absolute atomic E-state index is 12.3. The molecule has 1 aliphatic heterocycles. The summed E-state index contributed by atoms with van der Waals surface area (Å²) in [6.45, 7) is 3.16. The molecule has 0 spiro atoms. The van der Waals surface area contributed by atoms with Gasteiger partial charge in [0, 0.05) is 12.6 Å². The van der Waals surface area contributed by atoms with Crippen molar-refractivity contribution >= 4 is 5.91 Å². The van der Waals surface area contributed by atoms with Gasteiger partial charge in [-0.05, 0) is 56.6 Å². The van der Waals surface area contributed by atoms with E-state index in [9.17, 15) is 4.79 Å². The quantitative estimate of drug-likeness (QED) is 0.908. The predicted molar refractivity (Wildman–Crippen MR) is 89.4 cm³/mol. The normalized spacial score (nSPS) is 25.4. The van der Waals surface area contributed by atoms with Gasteiger partial charge in [0.1, 0.15) is 6.10 Å². The molecular weight excluding hydrogens is 290 g/mol. The van der Waals surface area contributed by atoms with Crippen LogP contribution in [0.2, 0.25) is 0 Å². The van der Waals surface area contributed by atoms with Crippen molar-refractivity contribution in [3.8, 4) is 0 Å². The van der Waals surface area contributed by atoms with Crippen molar-refractivity contribution in [3.63, 3.8) is 0 Å². The van der Waals surface area contributed by atoms with Crippen molar-refractivity contribution < 1.29 is 14.3 Å². The fraction of sp³-hybridized carbons (Fsp3) is 0.632. The Kier molecular flexibility index (Phi) is 5.68. The molecule has 4 nitrogen and oxygen atoms in total. The lowest BCUT2D eigenvalue weighted by molar-refractivity contribution is -0.136. The first-order valence-corrected chi connectivity index (χ1v) is 8.83. The molecule has 1 amide bonds. The van der Waals surface area contributed by atoms with Gasteiger partial charge in [-0.15, -0.1) is 0 Å². The number of hydrogen-bond donors (Lipinski definition) is 1. The van der Waals surface area contributed by atoms with E-state index >= 15 is 0 Å². The van der Waals surface area contributed by atoms with Crippen LogP contribution in [0.3, 0.4) is 0 Å². The number of hydrogen-bond acceptors (Lipinski definition) is 3. The van der Waals surface area contributed by atoms with E-state index in [4.69, 9.17) is 9.47 Å². The van der Waals surface area contributed by atoms with Crippen molar-refractivity contribution in [2.45, 2.75) is 63.7 Å². The number of carbonyl (C=O) groups excluding carboxylic acids is 1. The molecule has 1 aliphatic carbocycles. The Morgan fingerprint density at radius 1 is 1.30 bits per heavy atom. The summed E-state index contributed by atoms with van der Waals surface area (Å²) in [6, 6.07) is 8.71. The van der Waals surface area contributed by atoms with Gasteiger partial charge in [-0.2, -0.15) is 0 Å². The molecule has 2 aliphatic rings. The average molecular weight is 317 g/mol. The van der Waals surface area contributed by atoms with Gasteiger partial charge in [-0.1, -0.05) is 24.3 Å². The molecule has 1 aromatic carbocycles. The summed E-state index contributed by atoms with van der Waals surface area (Å²) in [6.07, 6.45) is 6.05. The van der Waals surface area contributed by atoms with Gasteiger partial charge >= 0.3 is 0 Å². The number of amides is 1. The molecular formula is C19H27NO3. The molecule has 4 heteroatoms. The Labute approximate surface area is 138 Å². The molecule has 0 saturated carbocycles. The maximum Gasteiger partial charge on any atom is 0.249 e. The van der Waals surface area contributed by atoms with Crippen LogP contribution in [0.1, 0.15) is 43.7 Å². The molecule has 1 N–H and O–H groups in total. The van der Waals surface area contributed by atoms with Gasteiger partial charge in [-0.3, -0.25) is 4.79 Å². The first kappa shape index (κ1) is 16.5. The van der Waals surface area contributed by atoms with E-state index in [2.05, 4.69) is 29.6 Å². The third-order valence-corrected chi connectivity index (χ3v) is 4.87. The summed E-state index contributed by atoms with van der Waals surface area (Å²) in [5.41, 5.74) is 2.77. The fourth-order valence-electron chi connectivity index (χ4n) is 3.41. The van der Waals surface area contributed by atoms with Crippen LogP contribution in [0.5, 0.6) is 0 Å². The molecule has 0 bridgehead atoms. The SMILES string of the molecule is CC(OCC1CCCCO1)C(=O)NC1CCc2ccccc2C1. The van der Waals surface area contributed by atoms with E-state index in [0.717, 1.165) is 38.7 Å². The third-order valence-electron chi connectivity index (χ3n) is 4.87. The zero-order chi connectivity index (χ0) is 16.1. The molecule has 1 saturated heterocycles. The highest BCUT2D eigenvalue weighted by Crippen LogP contribution is 2.21. The summed E-state index contributed by atoms with van der Waals surface area (Å²) < 4.78 is 11.4. The zero-order valence-corrected chi connectivity index (χ0v) is 13.9. The van der Waals surface area contributed by atoms with Gasteiger partial charge in [0.05, 0.1) is 12.7 Å². The Morgan fingerprint density at radius 3 is 2.91 bits per heavy atom. The minimum Gasteiger partial charge on any atom is -0.376 e. The Morgan fingerprint density at radius 2 is 2.13 bits per heavy atom. The zero-order valence-electron chi connectivity index (χ0n) is 13.9. The summed E-state index contributed by atoms with van der Waals surface area (Å²) in [5, 5.41) is 3.14. The Balaban J connectivity index is 1.43. The molecule has 3 unspecified atom stereocenters. The maximum atomic E-state index is 12.3. The lowest BCUT2D eigenvalue weighted by Gasteiger charge is -2.27. The van der Waals surface area contributed by atoms with Crippen molar-refractivity contribution in [3.05, 3.63) is 35.4 Å². The summed E-state index contributed by atoms with van der Waals surface area (Å²) in [4.78, 5) is 12.3. The van der Waals surface area contributed by atoms with Gasteiger partial charge in [-0.25, -0.2) is 0 Å². The average Bonchev–Trinajstić information content (AvgIpc) is 2.60. The van der Waals surface area contributed by atoms with Crippen LogP contribution in [0, 0.1) is 0 Å². The molecule has 23 heavy (non-hydrogen) atoms. The van der Waals surface area contributed by atoms with Crippen molar-refractivity contribution in [2.24, 2.45) is 0 Å².